The van der Waals surface area contributed by atoms with E-state index in [0.717, 1.165) is 0 Å². The smallest absolute Gasteiger partial charge is 0.342 e. The summed E-state index contributed by atoms with van der Waals surface area (Å²) in [6.07, 6.45) is 0. The molecule has 5 rings (SSSR count). The number of thiophene rings is 1. The average Bonchev–Trinajstić information content (AvgIpc) is 3.28. The van der Waals surface area contributed by atoms with Crippen molar-refractivity contribution in [3.8, 4) is 11.8 Å². The number of fused-ring (bicyclic) bond motifs is 4. The molecule has 3 heterocycles. The van der Waals surface area contributed by atoms with E-state index in [1.807, 2.05) is 0 Å². The number of halogens is 1. The minimum Gasteiger partial charge on any atom is -0.465 e. The Hall–Kier alpha value is -4.16. The number of hydrogen-bond donors (Lipinski definition) is 1. The van der Waals surface area contributed by atoms with Crippen molar-refractivity contribution >= 4 is 28.9 Å². The number of nitrogens with zero attached hydrogens (tertiary/aromatic N) is 2. The Morgan fingerprint density at radius 3 is 2.65 bits per heavy atom. The van der Waals surface area contributed by atoms with E-state index >= 15 is 0 Å². The van der Waals surface area contributed by atoms with Crippen molar-refractivity contribution in [3.63, 3.8) is 0 Å². The maximum Gasteiger partial charge on any atom is 0.342 e. The molecule has 9 heteroatoms. The number of anilines is 1. The first-order valence-electron chi connectivity index (χ1n) is 10.3. The highest BCUT2D eigenvalue weighted by molar-refractivity contribution is 7.13. The van der Waals surface area contributed by atoms with E-state index in [9.17, 15) is 19.2 Å². The molecule has 2 aliphatic heterocycles. The Morgan fingerprint density at radius 1 is 1.26 bits per heavy atom. The third-order valence-corrected chi connectivity index (χ3v) is 7.34. The number of rotatable bonds is 3. The molecular weight excluding hydrogens is 457 g/mol. The Balaban J connectivity index is 1.78. The monoisotopic (exact) mass is 475 g/mol. The first-order chi connectivity index (χ1) is 16.3. The molecule has 0 radical (unpaired) electrons. The van der Waals surface area contributed by atoms with Crippen LogP contribution in [-0.4, -0.2) is 19.0 Å². The summed E-state index contributed by atoms with van der Waals surface area (Å²) in [7, 11) is 1.25. The number of para-hydroxylation sites is 1. The molecule has 34 heavy (non-hydrogen) atoms. The van der Waals surface area contributed by atoms with E-state index in [-0.39, 0.29) is 35.1 Å². The zero-order valence-corrected chi connectivity index (χ0v) is 19.0. The number of nitriles is 1. The predicted octanol–water partition coefficient (Wildman–Crippen LogP) is 3.90. The molecule has 0 bridgehead atoms. The molecule has 1 spiro atoms. The number of carbonyl (C=O) groups excluding carboxylic acids is 2. The number of aryl methyl sites for hydroxylation is 1. The molecule has 1 aromatic heterocycles. The van der Waals surface area contributed by atoms with Crippen LogP contribution < -0.4 is 15.4 Å². The second-order valence-electron chi connectivity index (χ2n) is 7.92. The predicted molar refractivity (Wildman–Crippen MR) is 123 cm³/mol. The third-order valence-electron chi connectivity index (χ3n) is 6.13. The lowest BCUT2D eigenvalue weighted by molar-refractivity contribution is -0.121. The molecule has 0 fully saturated rings. The van der Waals surface area contributed by atoms with Crippen molar-refractivity contribution in [1.82, 2.24) is 0 Å². The van der Waals surface area contributed by atoms with Gasteiger partial charge in [-0.05, 0) is 30.7 Å². The Morgan fingerprint density at radius 2 is 1.97 bits per heavy atom. The van der Waals surface area contributed by atoms with Gasteiger partial charge in [0.15, 0.2) is 11.2 Å². The van der Waals surface area contributed by atoms with Crippen LogP contribution in [0, 0.1) is 24.1 Å². The summed E-state index contributed by atoms with van der Waals surface area (Å²) in [6.45, 7) is 1.87. The second kappa shape index (κ2) is 7.71. The van der Waals surface area contributed by atoms with Gasteiger partial charge in [0.1, 0.15) is 23.0 Å². The van der Waals surface area contributed by atoms with Crippen molar-refractivity contribution in [2.75, 3.05) is 12.0 Å². The summed E-state index contributed by atoms with van der Waals surface area (Å²) in [4.78, 5) is 29.4. The molecule has 0 unspecified atom stereocenters. The Bertz CT molecular complexity index is 1440. The molecule has 2 aromatic carbocycles. The molecule has 2 N–H and O–H groups in total. The number of ether oxygens (including phenoxy) is 2. The molecule has 3 aromatic rings. The molecular formula is C25H18FN3O4S. The lowest BCUT2D eigenvalue weighted by Gasteiger charge is -2.32. The fourth-order valence-electron chi connectivity index (χ4n) is 4.65. The van der Waals surface area contributed by atoms with Crippen LogP contribution in [0.5, 0.6) is 5.75 Å². The summed E-state index contributed by atoms with van der Waals surface area (Å²) in [5.41, 5.74) is 6.60. The van der Waals surface area contributed by atoms with Gasteiger partial charge in [-0.1, -0.05) is 30.3 Å². The molecule has 1 amide bonds. The number of amides is 1. The van der Waals surface area contributed by atoms with Crippen molar-refractivity contribution in [3.05, 3.63) is 92.2 Å². The Kier molecular flexibility index (Phi) is 4.92. The molecule has 170 valence electrons. The van der Waals surface area contributed by atoms with E-state index in [1.165, 1.54) is 30.6 Å². The summed E-state index contributed by atoms with van der Waals surface area (Å²) in [6, 6.07) is 15.1. The number of benzene rings is 2. The molecule has 0 aliphatic carbocycles. The zero-order valence-electron chi connectivity index (χ0n) is 18.2. The van der Waals surface area contributed by atoms with Gasteiger partial charge in [-0.2, -0.15) is 5.26 Å². The SMILES string of the molecule is COC(=O)c1c(C)sc2c1OC(N)=C(C#N)[C@]21C(=O)N(Cc2ccc(F)cc2)c2ccccc21. The fraction of sp³-hybridized carbons (Fsp3) is 0.160. The van der Waals surface area contributed by atoms with Crippen LogP contribution in [0.4, 0.5) is 10.1 Å². The van der Waals surface area contributed by atoms with Crippen LogP contribution in [0.25, 0.3) is 0 Å². The minimum atomic E-state index is -1.58. The van der Waals surface area contributed by atoms with Crippen LogP contribution in [-0.2, 0) is 21.5 Å². The lowest BCUT2D eigenvalue weighted by atomic mass is 9.72. The van der Waals surface area contributed by atoms with Crippen LogP contribution in [0.2, 0.25) is 0 Å². The number of methoxy groups -OCH3 is 1. The van der Waals surface area contributed by atoms with Gasteiger partial charge in [-0.25, -0.2) is 9.18 Å². The largest absolute Gasteiger partial charge is 0.465 e. The standard InChI is InChI=1S/C25H18FN3O4S/c1-13-19(23(30)32-2)20-21(34-13)25(17(11-27)22(28)33-20)16-5-3-4-6-18(16)29(24(25)31)12-14-7-9-15(26)10-8-14/h3-10H,12,28H2,1-2H3/t25-/m0/s1. The summed E-state index contributed by atoms with van der Waals surface area (Å²) < 4.78 is 24.1. The topological polar surface area (TPSA) is 106 Å². The highest BCUT2D eigenvalue weighted by Crippen LogP contribution is 2.58. The van der Waals surface area contributed by atoms with Crippen molar-refractivity contribution in [2.45, 2.75) is 18.9 Å². The average molecular weight is 476 g/mol. The van der Waals surface area contributed by atoms with Crippen molar-refractivity contribution < 1.29 is 23.5 Å². The van der Waals surface area contributed by atoms with E-state index in [0.29, 0.717) is 26.6 Å². The van der Waals surface area contributed by atoms with E-state index < -0.39 is 17.3 Å². The van der Waals surface area contributed by atoms with Gasteiger partial charge >= 0.3 is 5.97 Å². The maximum atomic E-state index is 14.3. The van der Waals surface area contributed by atoms with Gasteiger partial charge in [0, 0.05) is 16.1 Å². The quantitative estimate of drug-likeness (QED) is 0.576. The van der Waals surface area contributed by atoms with Crippen LogP contribution in [0.1, 0.15) is 31.2 Å². The highest BCUT2D eigenvalue weighted by atomic mass is 32.1. The van der Waals surface area contributed by atoms with Gasteiger partial charge in [-0.15, -0.1) is 11.3 Å². The van der Waals surface area contributed by atoms with Crippen molar-refractivity contribution in [2.24, 2.45) is 5.73 Å². The second-order valence-corrected chi connectivity index (χ2v) is 9.15. The molecule has 0 saturated carbocycles. The highest BCUT2D eigenvalue weighted by Gasteiger charge is 2.60. The van der Waals surface area contributed by atoms with Crippen LogP contribution in [0.3, 0.4) is 0 Å². The first kappa shape index (κ1) is 21.7. The lowest BCUT2D eigenvalue weighted by Crippen LogP contribution is -2.45. The zero-order chi connectivity index (χ0) is 24.2. The molecule has 0 saturated heterocycles. The normalized spacial score (nSPS) is 18.4. The summed E-state index contributed by atoms with van der Waals surface area (Å²) >= 11 is 1.19. The van der Waals surface area contributed by atoms with Crippen molar-refractivity contribution in [1.29, 1.82) is 5.26 Å². The summed E-state index contributed by atoms with van der Waals surface area (Å²) in [5, 5.41) is 10.1. The molecule has 7 nitrogen and oxygen atoms in total. The van der Waals surface area contributed by atoms with E-state index in [2.05, 4.69) is 6.07 Å². The molecule has 1 atom stereocenters. The van der Waals surface area contributed by atoms with Gasteiger partial charge < -0.3 is 20.1 Å². The fourth-order valence-corrected chi connectivity index (χ4v) is 5.92. The third kappa shape index (κ3) is 2.79. The molecule has 2 aliphatic rings. The number of esters is 1. The van der Waals surface area contributed by atoms with Gasteiger partial charge in [-0.3, -0.25) is 4.79 Å². The Labute approximate surface area is 198 Å². The van der Waals surface area contributed by atoms with Crippen LogP contribution >= 0.6 is 11.3 Å². The first-order valence-corrected chi connectivity index (χ1v) is 11.1. The van der Waals surface area contributed by atoms with Crippen LogP contribution in [0.15, 0.2) is 60.0 Å². The number of carbonyl (C=O) groups is 2. The van der Waals surface area contributed by atoms with Gasteiger partial charge in [0.25, 0.3) is 0 Å². The van der Waals surface area contributed by atoms with E-state index in [4.69, 9.17) is 15.2 Å². The van der Waals surface area contributed by atoms with Gasteiger partial charge in [0.05, 0.1) is 18.5 Å². The number of hydrogen-bond acceptors (Lipinski definition) is 7. The van der Waals surface area contributed by atoms with E-state index in [1.54, 1.807) is 48.2 Å². The van der Waals surface area contributed by atoms with Gasteiger partial charge in [0.2, 0.25) is 11.8 Å². The number of nitrogens with two attached hydrogens (primary N) is 1. The minimum absolute atomic E-state index is 0.0447. The maximum absolute atomic E-state index is 14.3. The summed E-state index contributed by atoms with van der Waals surface area (Å²) in [5.74, 6) is -1.53.